The van der Waals surface area contributed by atoms with E-state index in [0.29, 0.717) is 12.1 Å². The molecule has 3 aliphatic rings. The molecule has 2 aliphatic carbocycles. The highest BCUT2D eigenvalue weighted by Crippen LogP contribution is 2.61. The first-order valence-corrected chi connectivity index (χ1v) is 7.36. The second-order valence-corrected chi connectivity index (χ2v) is 6.38. The number of carbonyl (C=O) groups excluding carboxylic acids is 1. The molecule has 4 rings (SSSR count). The average molecular weight is 256 g/mol. The lowest BCUT2D eigenvalue weighted by molar-refractivity contribution is -0.129. The minimum absolute atomic E-state index is 0.129. The van der Waals surface area contributed by atoms with Gasteiger partial charge in [-0.3, -0.25) is 10.1 Å². The number of benzene rings is 1. The van der Waals surface area contributed by atoms with Gasteiger partial charge in [-0.15, -0.1) is 0 Å². The first-order chi connectivity index (χ1) is 9.28. The molecular formula is C16H20N2O. The van der Waals surface area contributed by atoms with E-state index in [2.05, 4.69) is 5.32 Å². The third-order valence-electron chi connectivity index (χ3n) is 5.02. The Bertz CT molecular complexity index is 491. The lowest BCUT2D eigenvalue weighted by Crippen LogP contribution is -2.33. The molecule has 19 heavy (non-hydrogen) atoms. The zero-order valence-corrected chi connectivity index (χ0v) is 11.1. The number of nitrogens with zero attached hydrogens (tertiary/aromatic N) is 1. The Labute approximate surface area is 114 Å². The number of carbonyl (C=O) groups is 1. The summed E-state index contributed by atoms with van der Waals surface area (Å²) in [5.74, 6) is 1.18. The normalized spacial score (nSPS) is 28.7. The third-order valence-corrected chi connectivity index (χ3v) is 5.02. The smallest absolute Gasteiger partial charge is 0.245 e. The molecule has 0 radical (unpaired) electrons. The first-order valence-electron chi connectivity index (χ1n) is 7.36. The Morgan fingerprint density at radius 1 is 1.21 bits per heavy atom. The molecule has 1 unspecified atom stereocenters. The second-order valence-electron chi connectivity index (χ2n) is 6.38. The van der Waals surface area contributed by atoms with E-state index in [1.165, 1.54) is 25.7 Å². The van der Waals surface area contributed by atoms with Gasteiger partial charge in [0.25, 0.3) is 0 Å². The molecule has 0 bridgehead atoms. The van der Waals surface area contributed by atoms with E-state index >= 15 is 0 Å². The monoisotopic (exact) mass is 256 g/mol. The molecule has 1 aromatic rings. The molecule has 1 aromatic carbocycles. The van der Waals surface area contributed by atoms with Crippen molar-refractivity contribution >= 4 is 5.91 Å². The van der Waals surface area contributed by atoms with Crippen LogP contribution in [0.2, 0.25) is 0 Å². The molecular weight excluding hydrogens is 236 g/mol. The number of amides is 1. The van der Waals surface area contributed by atoms with Gasteiger partial charge in [0.1, 0.15) is 6.04 Å². The summed E-state index contributed by atoms with van der Waals surface area (Å²) in [6.07, 6.45) is 5.43. The molecule has 1 amide bonds. The standard InChI is InChI=1S/C16H20N2O/c19-15-14(12-4-2-1-3-5-12)17-11-18(15)10-16(8-9-16)13-6-7-13/h1-5,13-14,17H,6-11H2. The van der Waals surface area contributed by atoms with Gasteiger partial charge in [0, 0.05) is 6.54 Å². The van der Waals surface area contributed by atoms with Gasteiger partial charge >= 0.3 is 0 Å². The van der Waals surface area contributed by atoms with Gasteiger partial charge in [0.2, 0.25) is 5.91 Å². The number of rotatable bonds is 4. The van der Waals surface area contributed by atoms with Crippen LogP contribution in [-0.2, 0) is 4.79 Å². The van der Waals surface area contributed by atoms with Crippen LogP contribution in [0, 0.1) is 11.3 Å². The maximum atomic E-state index is 12.5. The summed E-state index contributed by atoms with van der Waals surface area (Å²) in [6.45, 7) is 1.69. The zero-order chi connectivity index (χ0) is 12.9. The molecule has 3 heteroatoms. The van der Waals surface area contributed by atoms with Gasteiger partial charge < -0.3 is 4.90 Å². The van der Waals surface area contributed by atoms with Crippen LogP contribution in [0.5, 0.6) is 0 Å². The largest absolute Gasteiger partial charge is 0.328 e. The minimum Gasteiger partial charge on any atom is -0.328 e. The van der Waals surface area contributed by atoms with E-state index in [0.717, 1.165) is 18.0 Å². The topological polar surface area (TPSA) is 32.3 Å². The van der Waals surface area contributed by atoms with Crippen molar-refractivity contribution in [2.24, 2.45) is 11.3 Å². The average Bonchev–Trinajstić information content (AvgIpc) is 3.32. The summed E-state index contributed by atoms with van der Waals surface area (Å²) in [5, 5.41) is 3.36. The van der Waals surface area contributed by atoms with Crippen LogP contribution in [0.1, 0.15) is 37.3 Å². The quantitative estimate of drug-likeness (QED) is 0.896. The third kappa shape index (κ3) is 1.96. The fourth-order valence-corrected chi connectivity index (χ4v) is 3.52. The molecule has 3 nitrogen and oxygen atoms in total. The summed E-state index contributed by atoms with van der Waals surface area (Å²) in [4.78, 5) is 14.6. The lowest BCUT2D eigenvalue weighted by atomic mass is 9.99. The van der Waals surface area contributed by atoms with Crippen molar-refractivity contribution < 1.29 is 4.79 Å². The Morgan fingerprint density at radius 2 is 1.95 bits per heavy atom. The maximum absolute atomic E-state index is 12.5. The Hall–Kier alpha value is -1.35. The van der Waals surface area contributed by atoms with Crippen LogP contribution in [0.4, 0.5) is 0 Å². The zero-order valence-electron chi connectivity index (χ0n) is 11.1. The highest BCUT2D eigenvalue weighted by atomic mass is 16.2. The molecule has 0 spiro atoms. The molecule has 1 atom stereocenters. The minimum atomic E-state index is -0.129. The van der Waals surface area contributed by atoms with E-state index in [4.69, 9.17) is 0 Å². The van der Waals surface area contributed by atoms with Gasteiger partial charge in [0.05, 0.1) is 6.67 Å². The predicted molar refractivity (Wildman–Crippen MR) is 73.3 cm³/mol. The second kappa shape index (κ2) is 4.07. The van der Waals surface area contributed by atoms with Crippen LogP contribution in [0.25, 0.3) is 0 Å². The van der Waals surface area contributed by atoms with E-state index in [9.17, 15) is 4.79 Å². The maximum Gasteiger partial charge on any atom is 0.245 e. The van der Waals surface area contributed by atoms with Gasteiger partial charge in [-0.05, 0) is 42.6 Å². The summed E-state index contributed by atoms with van der Waals surface area (Å²) in [7, 11) is 0. The van der Waals surface area contributed by atoms with Gasteiger partial charge in [-0.25, -0.2) is 0 Å². The fraction of sp³-hybridized carbons (Fsp3) is 0.562. The first kappa shape index (κ1) is 11.5. The Balaban J connectivity index is 1.47. The van der Waals surface area contributed by atoms with E-state index in [1.807, 2.05) is 35.2 Å². The van der Waals surface area contributed by atoms with Crippen LogP contribution in [0.3, 0.4) is 0 Å². The molecule has 0 aromatic heterocycles. The Morgan fingerprint density at radius 3 is 2.58 bits per heavy atom. The van der Waals surface area contributed by atoms with Crippen LogP contribution in [0.15, 0.2) is 30.3 Å². The predicted octanol–water partition coefficient (Wildman–Crippen LogP) is 2.31. The van der Waals surface area contributed by atoms with Crippen LogP contribution >= 0.6 is 0 Å². The highest BCUT2D eigenvalue weighted by molar-refractivity contribution is 5.85. The number of hydrogen-bond donors (Lipinski definition) is 1. The highest BCUT2D eigenvalue weighted by Gasteiger charge is 2.55. The Kier molecular flexibility index (Phi) is 2.46. The molecule has 100 valence electrons. The number of hydrogen-bond acceptors (Lipinski definition) is 2. The van der Waals surface area contributed by atoms with E-state index in [-0.39, 0.29) is 11.9 Å². The van der Waals surface area contributed by atoms with Crippen molar-refractivity contribution in [3.63, 3.8) is 0 Å². The molecule has 2 saturated carbocycles. The van der Waals surface area contributed by atoms with Gasteiger partial charge in [-0.2, -0.15) is 0 Å². The molecule has 3 fully saturated rings. The number of nitrogens with one attached hydrogen (secondary N) is 1. The summed E-state index contributed by atoms with van der Waals surface area (Å²) >= 11 is 0. The summed E-state index contributed by atoms with van der Waals surface area (Å²) < 4.78 is 0. The van der Waals surface area contributed by atoms with E-state index < -0.39 is 0 Å². The van der Waals surface area contributed by atoms with Crippen LogP contribution < -0.4 is 5.32 Å². The van der Waals surface area contributed by atoms with Gasteiger partial charge in [-0.1, -0.05) is 30.3 Å². The van der Waals surface area contributed by atoms with Crippen molar-refractivity contribution in [2.45, 2.75) is 31.7 Å². The van der Waals surface area contributed by atoms with E-state index in [1.54, 1.807) is 0 Å². The van der Waals surface area contributed by atoms with Crippen molar-refractivity contribution in [3.8, 4) is 0 Å². The molecule has 1 saturated heterocycles. The van der Waals surface area contributed by atoms with Crippen molar-refractivity contribution in [3.05, 3.63) is 35.9 Å². The van der Waals surface area contributed by atoms with Crippen molar-refractivity contribution in [2.75, 3.05) is 13.2 Å². The van der Waals surface area contributed by atoms with Crippen LogP contribution in [-0.4, -0.2) is 24.0 Å². The van der Waals surface area contributed by atoms with Gasteiger partial charge in [0.15, 0.2) is 0 Å². The molecule has 1 aliphatic heterocycles. The molecule has 1 heterocycles. The van der Waals surface area contributed by atoms with Crippen molar-refractivity contribution in [1.82, 2.24) is 10.2 Å². The fourth-order valence-electron chi connectivity index (χ4n) is 3.52. The van der Waals surface area contributed by atoms with Crippen molar-refractivity contribution in [1.29, 1.82) is 0 Å². The summed E-state index contributed by atoms with van der Waals surface area (Å²) in [5.41, 5.74) is 1.59. The summed E-state index contributed by atoms with van der Waals surface area (Å²) in [6, 6.07) is 9.93. The molecule has 1 N–H and O–H groups in total. The SMILES string of the molecule is O=C1C(c2ccccc2)NCN1CC1(C2CC2)CC1. The lowest BCUT2D eigenvalue weighted by Gasteiger charge is -2.22.